The minimum atomic E-state index is -0.0498. The van der Waals surface area contributed by atoms with Gasteiger partial charge in [-0.1, -0.05) is 19.9 Å². The SMILES string of the molecule is CCC1(CC)CC(N2C(=O)CNC2c2cccs2)CCO1. The molecule has 0 bridgehead atoms. The molecule has 1 N–H and O–H groups in total. The molecule has 1 aromatic heterocycles. The van der Waals surface area contributed by atoms with Gasteiger partial charge in [0, 0.05) is 17.5 Å². The van der Waals surface area contributed by atoms with Gasteiger partial charge in [-0.3, -0.25) is 10.1 Å². The Hall–Kier alpha value is -0.910. The summed E-state index contributed by atoms with van der Waals surface area (Å²) in [5, 5.41) is 5.44. The van der Waals surface area contributed by atoms with Crippen molar-refractivity contribution in [3.63, 3.8) is 0 Å². The minimum Gasteiger partial charge on any atom is -0.375 e. The van der Waals surface area contributed by atoms with E-state index in [1.54, 1.807) is 11.3 Å². The molecule has 4 nitrogen and oxygen atoms in total. The van der Waals surface area contributed by atoms with Gasteiger partial charge in [-0.2, -0.15) is 0 Å². The molecule has 0 radical (unpaired) electrons. The van der Waals surface area contributed by atoms with E-state index >= 15 is 0 Å². The van der Waals surface area contributed by atoms with Crippen molar-refractivity contribution < 1.29 is 9.53 Å². The summed E-state index contributed by atoms with van der Waals surface area (Å²) in [6, 6.07) is 4.45. The van der Waals surface area contributed by atoms with E-state index in [0.29, 0.717) is 6.54 Å². The highest BCUT2D eigenvalue weighted by molar-refractivity contribution is 7.10. The highest BCUT2D eigenvalue weighted by Gasteiger charge is 2.43. The zero-order valence-corrected chi connectivity index (χ0v) is 13.6. The Morgan fingerprint density at radius 2 is 2.29 bits per heavy atom. The van der Waals surface area contributed by atoms with Crippen molar-refractivity contribution in [3.05, 3.63) is 22.4 Å². The molecule has 2 aliphatic heterocycles. The highest BCUT2D eigenvalue weighted by Crippen LogP contribution is 2.38. The van der Waals surface area contributed by atoms with Crippen molar-refractivity contribution >= 4 is 17.2 Å². The van der Waals surface area contributed by atoms with Crippen LogP contribution in [0.4, 0.5) is 0 Å². The maximum Gasteiger partial charge on any atom is 0.238 e. The van der Waals surface area contributed by atoms with Crippen LogP contribution >= 0.6 is 11.3 Å². The summed E-state index contributed by atoms with van der Waals surface area (Å²) in [6.07, 6.45) is 3.97. The van der Waals surface area contributed by atoms with E-state index in [0.717, 1.165) is 32.3 Å². The lowest BCUT2D eigenvalue weighted by molar-refractivity contribution is -0.142. The first kappa shape index (κ1) is 15.0. The quantitative estimate of drug-likeness (QED) is 0.930. The highest BCUT2D eigenvalue weighted by atomic mass is 32.1. The van der Waals surface area contributed by atoms with Crippen molar-refractivity contribution in [2.24, 2.45) is 0 Å². The molecule has 5 heteroatoms. The van der Waals surface area contributed by atoms with Gasteiger partial charge in [0.05, 0.1) is 12.1 Å². The molecule has 0 aromatic carbocycles. The van der Waals surface area contributed by atoms with E-state index in [4.69, 9.17) is 4.74 Å². The molecular weight excluding hydrogens is 284 g/mol. The summed E-state index contributed by atoms with van der Waals surface area (Å²) in [4.78, 5) is 15.7. The number of hydrogen-bond acceptors (Lipinski definition) is 4. The average molecular weight is 308 g/mol. The second-order valence-corrected chi connectivity index (χ2v) is 6.96. The Labute approximate surface area is 130 Å². The molecule has 0 aliphatic carbocycles. The van der Waals surface area contributed by atoms with Crippen LogP contribution in [0.15, 0.2) is 17.5 Å². The normalized spacial score (nSPS) is 29.0. The second-order valence-electron chi connectivity index (χ2n) is 5.99. The van der Waals surface area contributed by atoms with Crippen LogP contribution in [0, 0.1) is 0 Å². The third-order valence-corrected chi connectivity index (χ3v) is 5.90. The van der Waals surface area contributed by atoms with Crippen LogP contribution in [-0.4, -0.2) is 35.6 Å². The molecule has 2 atom stereocenters. The molecule has 3 heterocycles. The zero-order valence-electron chi connectivity index (χ0n) is 12.8. The monoisotopic (exact) mass is 308 g/mol. The number of carbonyl (C=O) groups is 1. The van der Waals surface area contributed by atoms with E-state index in [2.05, 4.69) is 41.6 Å². The van der Waals surface area contributed by atoms with Gasteiger partial charge in [0.2, 0.25) is 5.91 Å². The number of nitrogens with one attached hydrogen (secondary N) is 1. The Balaban J connectivity index is 1.82. The molecule has 2 fully saturated rings. The molecule has 2 saturated heterocycles. The van der Waals surface area contributed by atoms with E-state index in [1.165, 1.54) is 4.88 Å². The predicted octanol–water partition coefficient (Wildman–Crippen LogP) is 2.92. The third kappa shape index (κ3) is 2.74. The van der Waals surface area contributed by atoms with Crippen LogP contribution in [0.3, 0.4) is 0 Å². The maximum absolute atomic E-state index is 12.4. The number of ether oxygens (including phenoxy) is 1. The Morgan fingerprint density at radius 1 is 1.48 bits per heavy atom. The number of amides is 1. The second kappa shape index (κ2) is 6.07. The summed E-state index contributed by atoms with van der Waals surface area (Å²) in [7, 11) is 0. The van der Waals surface area contributed by atoms with Crippen molar-refractivity contribution in [1.29, 1.82) is 0 Å². The van der Waals surface area contributed by atoms with Crippen LogP contribution in [0.1, 0.15) is 50.6 Å². The summed E-state index contributed by atoms with van der Waals surface area (Å²) in [6.45, 7) is 5.58. The van der Waals surface area contributed by atoms with Crippen LogP contribution in [0.25, 0.3) is 0 Å². The number of nitrogens with zero attached hydrogens (tertiary/aromatic N) is 1. The fraction of sp³-hybridized carbons (Fsp3) is 0.688. The molecule has 1 aromatic rings. The first-order valence-electron chi connectivity index (χ1n) is 7.91. The number of hydrogen-bond donors (Lipinski definition) is 1. The summed E-state index contributed by atoms with van der Waals surface area (Å²) in [5.74, 6) is 0.224. The fourth-order valence-electron chi connectivity index (χ4n) is 3.60. The maximum atomic E-state index is 12.4. The third-order valence-electron chi connectivity index (χ3n) is 4.97. The van der Waals surface area contributed by atoms with Gasteiger partial charge in [-0.05, 0) is 37.1 Å². The first-order valence-corrected chi connectivity index (χ1v) is 8.79. The lowest BCUT2D eigenvalue weighted by Gasteiger charge is -2.44. The largest absolute Gasteiger partial charge is 0.375 e. The summed E-state index contributed by atoms with van der Waals surface area (Å²) < 4.78 is 6.06. The number of carbonyl (C=O) groups excluding carboxylic acids is 1. The van der Waals surface area contributed by atoms with Gasteiger partial charge in [0.15, 0.2) is 0 Å². The molecule has 3 rings (SSSR count). The van der Waals surface area contributed by atoms with E-state index < -0.39 is 0 Å². The molecule has 0 saturated carbocycles. The minimum absolute atomic E-state index is 0.0482. The molecule has 1 amide bonds. The van der Waals surface area contributed by atoms with Crippen molar-refractivity contribution in [2.45, 2.75) is 57.3 Å². The number of thiophene rings is 1. The van der Waals surface area contributed by atoms with Gasteiger partial charge in [-0.25, -0.2) is 0 Å². The lowest BCUT2D eigenvalue weighted by atomic mass is 9.85. The van der Waals surface area contributed by atoms with Crippen LogP contribution in [0.5, 0.6) is 0 Å². The number of rotatable bonds is 4. The van der Waals surface area contributed by atoms with Crippen molar-refractivity contribution in [2.75, 3.05) is 13.2 Å². The molecule has 2 unspecified atom stereocenters. The van der Waals surface area contributed by atoms with Gasteiger partial charge in [0.25, 0.3) is 0 Å². The van der Waals surface area contributed by atoms with Crippen molar-refractivity contribution in [3.8, 4) is 0 Å². The van der Waals surface area contributed by atoms with Crippen molar-refractivity contribution in [1.82, 2.24) is 10.2 Å². The average Bonchev–Trinajstić information content (AvgIpc) is 3.16. The lowest BCUT2D eigenvalue weighted by Crippen LogP contribution is -2.49. The fourth-order valence-corrected chi connectivity index (χ4v) is 4.40. The molecule has 21 heavy (non-hydrogen) atoms. The topological polar surface area (TPSA) is 41.6 Å². The molecule has 2 aliphatic rings. The van der Waals surface area contributed by atoms with Gasteiger partial charge in [0.1, 0.15) is 6.17 Å². The van der Waals surface area contributed by atoms with E-state index in [9.17, 15) is 4.79 Å². The summed E-state index contributed by atoms with van der Waals surface area (Å²) >= 11 is 1.71. The Bertz CT molecular complexity index is 484. The smallest absolute Gasteiger partial charge is 0.238 e. The molecule has 116 valence electrons. The molecular formula is C16H24N2O2S. The molecule has 0 spiro atoms. The standard InChI is InChI=1S/C16H24N2O2S/c1-3-16(4-2)10-12(7-8-20-16)18-14(19)11-17-15(18)13-6-5-9-21-13/h5-6,9,12,15,17H,3-4,7-8,10-11H2,1-2H3. The van der Waals surface area contributed by atoms with Crippen LogP contribution in [0.2, 0.25) is 0 Å². The Morgan fingerprint density at radius 3 is 2.95 bits per heavy atom. The van der Waals surface area contributed by atoms with Gasteiger partial charge in [-0.15, -0.1) is 11.3 Å². The van der Waals surface area contributed by atoms with Gasteiger partial charge < -0.3 is 9.64 Å². The van der Waals surface area contributed by atoms with E-state index in [-0.39, 0.29) is 23.7 Å². The van der Waals surface area contributed by atoms with Crippen LogP contribution < -0.4 is 5.32 Å². The zero-order chi connectivity index (χ0) is 14.9. The van der Waals surface area contributed by atoms with Crippen LogP contribution in [-0.2, 0) is 9.53 Å². The predicted molar refractivity (Wildman–Crippen MR) is 84.2 cm³/mol. The van der Waals surface area contributed by atoms with Gasteiger partial charge >= 0.3 is 0 Å². The Kier molecular flexibility index (Phi) is 4.33. The first-order chi connectivity index (χ1) is 10.2. The van der Waals surface area contributed by atoms with E-state index in [1.807, 2.05) is 0 Å². The summed E-state index contributed by atoms with van der Waals surface area (Å²) in [5.41, 5.74) is -0.0498.